The summed E-state index contributed by atoms with van der Waals surface area (Å²) in [7, 11) is 3.24. The fourth-order valence-corrected chi connectivity index (χ4v) is 4.69. The van der Waals surface area contributed by atoms with E-state index >= 15 is 0 Å². The standard InChI is InChI=1S/C31H31N5O4/c1-6-40-30(37)25-18-36-29(34-25)27(23-14-19(2)33-20(3)15-23)28(21-10-8-7-9-11-21)35-31(36)32-17-22-12-13-24(38-4)16-26(22)39-5/h7-16,18H,6,17H2,1-5H3,(H,32,35). The van der Waals surface area contributed by atoms with Crippen molar-refractivity contribution in [1.82, 2.24) is 19.4 Å². The summed E-state index contributed by atoms with van der Waals surface area (Å²) in [5.74, 6) is 1.40. The topological polar surface area (TPSA) is 99.9 Å². The number of imidazole rings is 1. The lowest BCUT2D eigenvalue weighted by atomic mass is 9.99. The zero-order valence-electron chi connectivity index (χ0n) is 23.2. The fraction of sp³-hybridized carbons (Fsp3) is 0.226. The van der Waals surface area contributed by atoms with E-state index in [1.54, 1.807) is 31.7 Å². The molecule has 204 valence electrons. The van der Waals surface area contributed by atoms with Gasteiger partial charge in [0.2, 0.25) is 5.95 Å². The SMILES string of the molecule is CCOC(=O)c1cn2c(NCc3ccc(OC)cc3OC)nc(-c3ccccc3)c(-c3cc(C)nc(C)c3)c2n1. The lowest BCUT2D eigenvalue weighted by molar-refractivity contribution is 0.0520. The molecule has 1 N–H and O–H groups in total. The van der Waals surface area contributed by atoms with Gasteiger partial charge in [0.1, 0.15) is 11.5 Å². The van der Waals surface area contributed by atoms with Crippen LogP contribution in [-0.4, -0.2) is 46.1 Å². The lowest BCUT2D eigenvalue weighted by Crippen LogP contribution is -2.09. The average Bonchev–Trinajstić information content (AvgIpc) is 3.41. The first-order chi connectivity index (χ1) is 19.4. The van der Waals surface area contributed by atoms with E-state index in [9.17, 15) is 4.79 Å². The summed E-state index contributed by atoms with van der Waals surface area (Å²) in [6.07, 6.45) is 1.66. The second-order valence-electron chi connectivity index (χ2n) is 9.24. The summed E-state index contributed by atoms with van der Waals surface area (Å²) in [6.45, 7) is 6.33. The quantitative estimate of drug-likeness (QED) is 0.233. The molecule has 0 saturated carbocycles. The number of carbonyl (C=O) groups is 1. The number of esters is 1. The van der Waals surface area contributed by atoms with Crippen molar-refractivity contribution in [3.63, 3.8) is 0 Å². The summed E-state index contributed by atoms with van der Waals surface area (Å²) < 4.78 is 18.0. The molecule has 0 unspecified atom stereocenters. The van der Waals surface area contributed by atoms with Gasteiger partial charge in [-0.15, -0.1) is 0 Å². The summed E-state index contributed by atoms with van der Waals surface area (Å²) in [6, 6.07) is 19.6. The van der Waals surface area contributed by atoms with E-state index in [1.807, 2.05) is 74.5 Å². The van der Waals surface area contributed by atoms with E-state index in [-0.39, 0.29) is 12.3 Å². The molecule has 0 amide bonds. The van der Waals surface area contributed by atoms with Crippen molar-refractivity contribution in [3.8, 4) is 33.9 Å². The van der Waals surface area contributed by atoms with E-state index in [0.29, 0.717) is 29.6 Å². The van der Waals surface area contributed by atoms with E-state index in [4.69, 9.17) is 24.2 Å². The van der Waals surface area contributed by atoms with E-state index in [1.165, 1.54) is 0 Å². The van der Waals surface area contributed by atoms with Crippen LogP contribution in [0, 0.1) is 13.8 Å². The van der Waals surface area contributed by atoms with E-state index in [2.05, 4.69) is 10.3 Å². The number of methoxy groups -OCH3 is 2. The maximum atomic E-state index is 12.8. The molecule has 0 fully saturated rings. The number of benzene rings is 2. The molecular formula is C31H31N5O4. The number of carbonyl (C=O) groups excluding carboxylic acids is 1. The van der Waals surface area contributed by atoms with Crippen LogP contribution < -0.4 is 14.8 Å². The molecule has 5 rings (SSSR count). The molecule has 0 aliphatic rings. The van der Waals surface area contributed by atoms with Crippen LogP contribution in [-0.2, 0) is 11.3 Å². The van der Waals surface area contributed by atoms with Gasteiger partial charge in [-0.25, -0.2) is 14.8 Å². The molecule has 0 aliphatic heterocycles. The van der Waals surface area contributed by atoms with Crippen molar-refractivity contribution in [1.29, 1.82) is 0 Å². The highest BCUT2D eigenvalue weighted by atomic mass is 16.5. The first-order valence-electron chi connectivity index (χ1n) is 13.0. The number of hydrogen-bond donors (Lipinski definition) is 1. The van der Waals surface area contributed by atoms with Gasteiger partial charge in [-0.2, -0.15) is 0 Å². The number of fused-ring (bicyclic) bond motifs is 1. The number of pyridine rings is 1. The molecule has 0 bridgehead atoms. The molecule has 3 aromatic heterocycles. The fourth-order valence-electron chi connectivity index (χ4n) is 4.69. The van der Waals surface area contributed by atoms with Gasteiger partial charge >= 0.3 is 5.97 Å². The first kappa shape index (κ1) is 26.7. The second kappa shape index (κ2) is 11.4. The van der Waals surface area contributed by atoms with Crippen LogP contribution in [0.2, 0.25) is 0 Å². The Hall–Kier alpha value is -4.92. The zero-order chi connectivity index (χ0) is 28.2. The predicted octanol–water partition coefficient (Wildman–Crippen LogP) is 5.88. The van der Waals surface area contributed by atoms with E-state index < -0.39 is 5.97 Å². The number of ether oxygens (including phenoxy) is 3. The Bertz CT molecular complexity index is 1660. The van der Waals surface area contributed by atoms with Crippen LogP contribution in [0.5, 0.6) is 11.5 Å². The van der Waals surface area contributed by atoms with Gasteiger partial charge in [0.15, 0.2) is 11.3 Å². The van der Waals surface area contributed by atoms with Crippen molar-refractivity contribution in [2.75, 3.05) is 26.1 Å². The Morgan fingerprint density at radius 1 is 0.900 bits per heavy atom. The molecule has 40 heavy (non-hydrogen) atoms. The minimum Gasteiger partial charge on any atom is -0.497 e. The highest BCUT2D eigenvalue weighted by Gasteiger charge is 2.23. The third kappa shape index (κ3) is 5.31. The molecule has 2 aromatic carbocycles. The van der Waals surface area contributed by atoms with Crippen LogP contribution in [0.25, 0.3) is 28.0 Å². The molecule has 9 heteroatoms. The van der Waals surface area contributed by atoms with E-state index in [0.717, 1.165) is 39.3 Å². The molecule has 0 spiro atoms. The molecule has 9 nitrogen and oxygen atoms in total. The van der Waals surface area contributed by atoms with Crippen molar-refractivity contribution >= 4 is 17.6 Å². The average molecular weight is 538 g/mol. The molecular weight excluding hydrogens is 506 g/mol. The minimum absolute atomic E-state index is 0.197. The number of aryl methyl sites for hydroxylation is 2. The largest absolute Gasteiger partial charge is 0.497 e. The number of aromatic nitrogens is 4. The number of anilines is 1. The van der Waals surface area contributed by atoms with Crippen molar-refractivity contribution < 1.29 is 19.0 Å². The van der Waals surface area contributed by atoms with Gasteiger partial charge in [0.05, 0.1) is 32.1 Å². The van der Waals surface area contributed by atoms with Gasteiger partial charge in [-0.05, 0) is 50.6 Å². The Morgan fingerprint density at radius 2 is 1.65 bits per heavy atom. The second-order valence-corrected chi connectivity index (χ2v) is 9.24. The van der Waals surface area contributed by atoms with Crippen molar-refractivity contribution in [3.05, 3.63) is 89.5 Å². The maximum absolute atomic E-state index is 12.8. The van der Waals surface area contributed by atoms with Gasteiger partial charge in [-0.3, -0.25) is 9.38 Å². The summed E-state index contributed by atoms with van der Waals surface area (Å²) >= 11 is 0. The van der Waals surface area contributed by atoms with Crippen LogP contribution >= 0.6 is 0 Å². The molecule has 3 heterocycles. The molecule has 0 atom stereocenters. The Labute approximate surface area is 232 Å². The third-order valence-corrected chi connectivity index (χ3v) is 6.45. The summed E-state index contributed by atoms with van der Waals surface area (Å²) in [5, 5.41) is 3.44. The first-order valence-corrected chi connectivity index (χ1v) is 13.0. The maximum Gasteiger partial charge on any atom is 0.358 e. The van der Waals surface area contributed by atoms with Crippen LogP contribution in [0.1, 0.15) is 34.4 Å². The number of nitrogens with zero attached hydrogens (tertiary/aromatic N) is 4. The number of nitrogens with one attached hydrogen (secondary N) is 1. The number of rotatable bonds is 9. The summed E-state index contributed by atoms with van der Waals surface area (Å²) in [4.78, 5) is 27.2. The third-order valence-electron chi connectivity index (χ3n) is 6.45. The van der Waals surface area contributed by atoms with Gasteiger partial charge in [0, 0.05) is 41.3 Å². The van der Waals surface area contributed by atoms with Gasteiger partial charge in [-0.1, -0.05) is 30.3 Å². The molecule has 0 radical (unpaired) electrons. The molecule has 5 aromatic rings. The van der Waals surface area contributed by atoms with Crippen LogP contribution in [0.15, 0.2) is 66.9 Å². The Balaban J connectivity index is 1.73. The summed E-state index contributed by atoms with van der Waals surface area (Å²) in [5.41, 5.74) is 6.77. The normalized spacial score (nSPS) is 10.9. The van der Waals surface area contributed by atoms with Crippen LogP contribution in [0.3, 0.4) is 0 Å². The predicted molar refractivity (Wildman–Crippen MR) is 154 cm³/mol. The Kier molecular flexibility index (Phi) is 7.63. The van der Waals surface area contributed by atoms with Crippen LogP contribution in [0.4, 0.5) is 5.95 Å². The van der Waals surface area contributed by atoms with Gasteiger partial charge < -0.3 is 19.5 Å². The molecule has 0 saturated heterocycles. The lowest BCUT2D eigenvalue weighted by Gasteiger charge is -2.17. The van der Waals surface area contributed by atoms with Crippen molar-refractivity contribution in [2.45, 2.75) is 27.3 Å². The highest BCUT2D eigenvalue weighted by Crippen LogP contribution is 2.36. The smallest absolute Gasteiger partial charge is 0.358 e. The minimum atomic E-state index is -0.497. The molecule has 0 aliphatic carbocycles. The monoisotopic (exact) mass is 537 g/mol. The highest BCUT2D eigenvalue weighted by molar-refractivity contribution is 5.94. The Morgan fingerprint density at radius 3 is 2.33 bits per heavy atom. The zero-order valence-corrected chi connectivity index (χ0v) is 23.2. The van der Waals surface area contributed by atoms with Crippen molar-refractivity contribution in [2.24, 2.45) is 0 Å². The van der Waals surface area contributed by atoms with Gasteiger partial charge in [0.25, 0.3) is 0 Å². The number of hydrogen-bond acceptors (Lipinski definition) is 8.